The summed E-state index contributed by atoms with van der Waals surface area (Å²) in [6.45, 7) is 0. The molecule has 172 valence electrons. The molecule has 0 spiro atoms. The van der Waals surface area contributed by atoms with E-state index in [2.05, 4.69) is 17.3 Å². The number of ether oxygens (including phenoxy) is 1. The summed E-state index contributed by atoms with van der Waals surface area (Å²) in [5.74, 6) is 1.23. The Morgan fingerprint density at radius 2 is 2.00 bits per heavy atom. The maximum absolute atomic E-state index is 14.6. The number of hydrogen-bond acceptors (Lipinski definition) is 4. The second kappa shape index (κ2) is 9.00. The van der Waals surface area contributed by atoms with Crippen molar-refractivity contribution in [2.75, 3.05) is 7.11 Å². The van der Waals surface area contributed by atoms with Gasteiger partial charge in [-0.2, -0.15) is 0 Å². The Morgan fingerprint density at radius 1 is 1.18 bits per heavy atom. The van der Waals surface area contributed by atoms with Gasteiger partial charge in [0, 0.05) is 17.5 Å². The van der Waals surface area contributed by atoms with Crippen molar-refractivity contribution in [3.05, 3.63) is 70.7 Å². The molecule has 0 radical (unpaired) electrons. The van der Waals surface area contributed by atoms with Gasteiger partial charge in [0.1, 0.15) is 23.0 Å². The Labute approximate surface area is 192 Å². The van der Waals surface area contributed by atoms with Gasteiger partial charge in [0.15, 0.2) is 0 Å². The van der Waals surface area contributed by atoms with E-state index in [0.717, 1.165) is 54.6 Å². The zero-order valence-electron chi connectivity index (χ0n) is 18.7. The van der Waals surface area contributed by atoms with Crippen molar-refractivity contribution in [1.82, 2.24) is 5.16 Å². The molecular weight excluding hydrogens is 421 g/mol. The summed E-state index contributed by atoms with van der Waals surface area (Å²) in [4.78, 5) is 11.3. The van der Waals surface area contributed by atoms with Crippen LogP contribution in [0.1, 0.15) is 66.4 Å². The molecule has 1 heterocycles. The number of hydrogen-bond donors (Lipinski definition) is 1. The maximum atomic E-state index is 14.6. The second-order valence-corrected chi connectivity index (χ2v) is 9.27. The van der Waals surface area contributed by atoms with Gasteiger partial charge in [-0.15, -0.1) is 0 Å². The van der Waals surface area contributed by atoms with Crippen molar-refractivity contribution in [2.45, 2.75) is 56.8 Å². The summed E-state index contributed by atoms with van der Waals surface area (Å²) in [5, 5.41) is 13.6. The van der Waals surface area contributed by atoms with Crippen LogP contribution in [0.3, 0.4) is 0 Å². The third-order valence-electron chi connectivity index (χ3n) is 6.82. The van der Waals surface area contributed by atoms with Crippen LogP contribution < -0.4 is 4.74 Å². The first-order valence-electron chi connectivity index (χ1n) is 11.7. The second-order valence-electron chi connectivity index (χ2n) is 9.27. The average Bonchev–Trinajstić information content (AvgIpc) is 3.75. The predicted octanol–water partition coefficient (Wildman–Crippen LogP) is 6.12. The number of methoxy groups -OCH3 is 1. The number of halogens is 1. The molecule has 0 amide bonds. The highest BCUT2D eigenvalue weighted by molar-refractivity contribution is 5.68. The van der Waals surface area contributed by atoms with Crippen LogP contribution >= 0.6 is 0 Å². The van der Waals surface area contributed by atoms with Gasteiger partial charge in [-0.3, -0.25) is 4.79 Å². The van der Waals surface area contributed by atoms with Crippen LogP contribution in [0, 0.1) is 11.7 Å². The van der Waals surface area contributed by atoms with Crippen molar-refractivity contribution in [3.63, 3.8) is 0 Å². The fraction of sp³-hybridized carbons (Fsp3) is 0.407. The molecule has 0 saturated heterocycles. The number of carboxylic acid groups (broad SMARTS) is 1. The van der Waals surface area contributed by atoms with Gasteiger partial charge in [0.05, 0.1) is 13.5 Å². The van der Waals surface area contributed by atoms with Gasteiger partial charge >= 0.3 is 5.97 Å². The van der Waals surface area contributed by atoms with E-state index in [1.54, 1.807) is 19.2 Å². The van der Waals surface area contributed by atoms with Gasteiger partial charge in [-0.05, 0) is 79.2 Å². The molecule has 0 bridgehead atoms. The molecule has 3 aromatic rings. The van der Waals surface area contributed by atoms with E-state index < -0.39 is 5.97 Å². The number of carboxylic acids is 1. The Bertz CT molecular complexity index is 1160. The third kappa shape index (κ3) is 4.80. The highest BCUT2D eigenvalue weighted by atomic mass is 19.1. The lowest BCUT2D eigenvalue weighted by molar-refractivity contribution is -0.137. The molecule has 5 rings (SSSR count). The largest absolute Gasteiger partial charge is 0.497 e. The number of benzene rings is 2. The summed E-state index contributed by atoms with van der Waals surface area (Å²) < 4.78 is 25.6. The molecule has 2 aliphatic rings. The number of rotatable bonds is 10. The number of carbonyl (C=O) groups is 1. The van der Waals surface area contributed by atoms with Crippen LogP contribution in [0.25, 0.3) is 11.3 Å². The van der Waals surface area contributed by atoms with E-state index in [9.17, 15) is 14.3 Å². The van der Waals surface area contributed by atoms with E-state index in [1.807, 2.05) is 12.1 Å². The molecule has 33 heavy (non-hydrogen) atoms. The van der Waals surface area contributed by atoms with Crippen LogP contribution in [0.2, 0.25) is 0 Å². The van der Waals surface area contributed by atoms with Gasteiger partial charge in [0.25, 0.3) is 0 Å². The smallest absolute Gasteiger partial charge is 0.303 e. The molecule has 0 aliphatic heterocycles. The van der Waals surface area contributed by atoms with E-state index in [1.165, 1.54) is 6.07 Å². The van der Waals surface area contributed by atoms with Crippen LogP contribution in [0.15, 0.2) is 47.0 Å². The Balaban J connectivity index is 1.37. The minimum atomic E-state index is -0.745. The van der Waals surface area contributed by atoms with E-state index in [4.69, 9.17) is 9.26 Å². The zero-order valence-corrected chi connectivity index (χ0v) is 18.7. The molecule has 1 atom stereocenters. The number of aliphatic carboxylic acids is 1. The Kier molecular flexibility index (Phi) is 5.92. The SMILES string of the molecule is COc1ccc(F)c(-c2noc(CCc3cccc([C@@H](CC(=O)O)C4CC4)c3)c2C2CC2)c1. The molecule has 1 aromatic heterocycles. The van der Waals surface area contributed by atoms with Gasteiger partial charge in [-0.25, -0.2) is 4.39 Å². The van der Waals surface area contributed by atoms with Crippen LogP contribution in [-0.4, -0.2) is 23.3 Å². The van der Waals surface area contributed by atoms with E-state index in [-0.39, 0.29) is 18.2 Å². The van der Waals surface area contributed by atoms with Crippen LogP contribution in [0.4, 0.5) is 4.39 Å². The Hall–Kier alpha value is -3.15. The zero-order chi connectivity index (χ0) is 22.9. The topological polar surface area (TPSA) is 72.6 Å². The minimum Gasteiger partial charge on any atom is -0.497 e. The van der Waals surface area contributed by atoms with Crippen molar-refractivity contribution in [3.8, 4) is 17.0 Å². The summed E-state index contributed by atoms with van der Waals surface area (Å²) in [6, 6.07) is 12.9. The number of aromatic nitrogens is 1. The van der Waals surface area contributed by atoms with Crippen LogP contribution in [-0.2, 0) is 17.6 Å². The minimum absolute atomic E-state index is 0.0809. The molecule has 6 heteroatoms. The molecule has 5 nitrogen and oxygen atoms in total. The third-order valence-corrected chi connectivity index (χ3v) is 6.82. The highest BCUT2D eigenvalue weighted by Crippen LogP contribution is 2.47. The lowest BCUT2D eigenvalue weighted by atomic mass is 9.89. The highest BCUT2D eigenvalue weighted by Gasteiger charge is 2.35. The van der Waals surface area contributed by atoms with E-state index >= 15 is 0 Å². The predicted molar refractivity (Wildman–Crippen MR) is 122 cm³/mol. The number of aryl methyl sites for hydroxylation is 2. The molecular formula is C27H28FNO4. The fourth-order valence-corrected chi connectivity index (χ4v) is 4.79. The first-order chi connectivity index (χ1) is 16.0. The molecule has 0 unspecified atom stereocenters. The molecule has 2 aliphatic carbocycles. The van der Waals surface area contributed by atoms with Crippen molar-refractivity contribution >= 4 is 5.97 Å². The summed E-state index contributed by atoms with van der Waals surface area (Å²) in [6.07, 6.45) is 5.93. The van der Waals surface area contributed by atoms with Crippen molar-refractivity contribution in [1.29, 1.82) is 0 Å². The normalized spacial score (nSPS) is 16.5. The quantitative estimate of drug-likeness (QED) is 0.404. The fourth-order valence-electron chi connectivity index (χ4n) is 4.79. The van der Waals surface area contributed by atoms with E-state index in [0.29, 0.717) is 35.3 Å². The monoisotopic (exact) mass is 449 g/mol. The molecule has 2 fully saturated rings. The lowest BCUT2D eigenvalue weighted by Crippen LogP contribution is -2.08. The van der Waals surface area contributed by atoms with Gasteiger partial charge in [0.2, 0.25) is 0 Å². The molecule has 2 aromatic carbocycles. The lowest BCUT2D eigenvalue weighted by Gasteiger charge is -2.15. The molecule has 1 N–H and O–H groups in total. The summed E-state index contributed by atoms with van der Waals surface area (Å²) in [5.41, 5.74) is 4.26. The van der Waals surface area contributed by atoms with Gasteiger partial charge in [-0.1, -0.05) is 29.4 Å². The first kappa shape index (κ1) is 21.7. The summed E-state index contributed by atoms with van der Waals surface area (Å²) in [7, 11) is 1.56. The number of nitrogens with zero attached hydrogens (tertiary/aromatic N) is 1. The molecule has 2 saturated carbocycles. The first-order valence-corrected chi connectivity index (χ1v) is 11.7. The Morgan fingerprint density at radius 3 is 2.70 bits per heavy atom. The average molecular weight is 450 g/mol. The maximum Gasteiger partial charge on any atom is 0.303 e. The van der Waals surface area contributed by atoms with Crippen molar-refractivity contribution in [2.24, 2.45) is 5.92 Å². The summed E-state index contributed by atoms with van der Waals surface area (Å²) >= 11 is 0. The standard InChI is InChI=1S/C27H28FNO4/c1-32-20-10-11-23(28)22(14-20)27-26(18-8-9-18)24(33-29-27)12-5-16-3-2-4-19(13-16)21(15-25(30)31)17-6-7-17/h2-4,10-11,13-14,17-18,21H,5-9,12,15H2,1H3,(H,30,31)/t21-/m0/s1. The van der Waals surface area contributed by atoms with Crippen molar-refractivity contribution < 1.29 is 23.6 Å². The van der Waals surface area contributed by atoms with Gasteiger partial charge < -0.3 is 14.4 Å². The van der Waals surface area contributed by atoms with Crippen LogP contribution in [0.5, 0.6) is 5.75 Å².